The Balaban J connectivity index is 1.77. The molecule has 0 bridgehead atoms. The average molecular weight is 415 g/mol. The summed E-state index contributed by atoms with van der Waals surface area (Å²) < 4.78 is 5.03. The lowest BCUT2D eigenvalue weighted by Crippen LogP contribution is -2.53. The highest BCUT2D eigenvalue weighted by molar-refractivity contribution is 6.15. The molecule has 0 saturated carbocycles. The van der Waals surface area contributed by atoms with Crippen molar-refractivity contribution in [1.29, 1.82) is 0 Å². The minimum atomic E-state index is -1.38. The van der Waals surface area contributed by atoms with Gasteiger partial charge in [-0.25, -0.2) is 0 Å². The number of hydrogen-bond donors (Lipinski definition) is 3. The topological polar surface area (TPSA) is 125 Å². The number of hydrogen-bond acceptors (Lipinski definition) is 6. The second-order valence-electron chi connectivity index (χ2n) is 8.17. The Labute approximate surface area is 173 Å². The molecule has 3 aliphatic heterocycles. The van der Waals surface area contributed by atoms with Gasteiger partial charge >= 0.3 is 5.97 Å². The summed E-state index contributed by atoms with van der Waals surface area (Å²) in [7, 11) is 1.55. The van der Waals surface area contributed by atoms with E-state index in [1.165, 1.54) is 4.90 Å². The van der Waals surface area contributed by atoms with Crippen LogP contribution < -0.4 is 10.6 Å². The molecule has 3 amide bonds. The van der Waals surface area contributed by atoms with Gasteiger partial charge in [0, 0.05) is 44.0 Å². The van der Waals surface area contributed by atoms with Crippen molar-refractivity contribution in [2.45, 2.75) is 37.8 Å². The fourth-order valence-electron chi connectivity index (χ4n) is 5.09. The Hall–Kier alpha value is -2.78. The second kappa shape index (κ2) is 7.48. The van der Waals surface area contributed by atoms with Crippen molar-refractivity contribution in [3.05, 3.63) is 29.3 Å². The smallest absolute Gasteiger partial charge is 0.303 e. The van der Waals surface area contributed by atoms with Gasteiger partial charge in [-0.3, -0.25) is 29.4 Å². The van der Waals surface area contributed by atoms with Gasteiger partial charge in [-0.05, 0) is 25.8 Å². The van der Waals surface area contributed by atoms with E-state index >= 15 is 0 Å². The Morgan fingerprint density at radius 1 is 1.27 bits per heavy atom. The molecule has 1 aromatic carbocycles. The van der Waals surface area contributed by atoms with Crippen LogP contribution in [0.2, 0.25) is 0 Å². The predicted octanol–water partition coefficient (Wildman–Crippen LogP) is 0.617. The average Bonchev–Trinajstić information content (AvgIpc) is 3.27. The number of imide groups is 1. The number of ether oxygens (including phenoxy) is 1. The fraction of sp³-hybridized carbons (Fsp3) is 0.524. The van der Waals surface area contributed by atoms with Crippen LogP contribution in [0.1, 0.15) is 30.4 Å². The largest absolute Gasteiger partial charge is 0.481 e. The van der Waals surface area contributed by atoms with Crippen molar-refractivity contribution in [3.8, 4) is 0 Å². The summed E-state index contributed by atoms with van der Waals surface area (Å²) in [4.78, 5) is 52.2. The first kappa shape index (κ1) is 20.5. The number of carbonyl (C=O) groups excluding carboxylic acids is 3. The number of aliphatic carboxylic acids is 1. The standard InChI is InChI=1S/C21H25N3O6/c1-11-4-5-13-12(10-11)21(20(29)22-13)17-16(14(23-21)6-7-15(25)26)18(27)24(19(17)28)8-3-9-30-2/h4-5,10,14,16-17,23H,3,6-9H2,1-2H3,(H,22,29)(H,25,26). The third-order valence-electron chi connectivity index (χ3n) is 6.36. The summed E-state index contributed by atoms with van der Waals surface area (Å²) >= 11 is 0. The number of methoxy groups -OCH3 is 1. The Morgan fingerprint density at radius 3 is 2.73 bits per heavy atom. The molecule has 160 valence electrons. The molecule has 9 nitrogen and oxygen atoms in total. The minimum absolute atomic E-state index is 0.150. The number of nitrogens with one attached hydrogen (secondary N) is 2. The van der Waals surface area contributed by atoms with E-state index in [2.05, 4.69) is 10.6 Å². The number of fused-ring (bicyclic) bond motifs is 4. The fourth-order valence-corrected chi connectivity index (χ4v) is 5.09. The summed E-state index contributed by atoms with van der Waals surface area (Å²) in [6.45, 7) is 2.51. The zero-order valence-electron chi connectivity index (χ0n) is 16.9. The molecule has 0 radical (unpaired) electrons. The highest BCUT2D eigenvalue weighted by atomic mass is 16.5. The quantitative estimate of drug-likeness (QED) is 0.440. The van der Waals surface area contributed by atoms with E-state index in [1.54, 1.807) is 13.2 Å². The first-order valence-electron chi connectivity index (χ1n) is 10.1. The highest BCUT2D eigenvalue weighted by Gasteiger charge is 2.70. The second-order valence-corrected chi connectivity index (χ2v) is 8.17. The Kier molecular flexibility index (Phi) is 5.11. The lowest BCUT2D eigenvalue weighted by Gasteiger charge is -2.29. The number of anilines is 1. The number of carboxylic acid groups (broad SMARTS) is 1. The molecule has 2 fully saturated rings. The summed E-state index contributed by atoms with van der Waals surface area (Å²) in [6.07, 6.45) is 0.484. The van der Waals surface area contributed by atoms with E-state index in [-0.39, 0.29) is 31.2 Å². The summed E-state index contributed by atoms with van der Waals surface area (Å²) in [5.41, 5.74) is 0.789. The van der Waals surface area contributed by atoms with Gasteiger partial charge in [0.05, 0.1) is 11.8 Å². The number of likely N-dealkylation sites (tertiary alicyclic amines) is 1. The molecule has 2 saturated heterocycles. The van der Waals surface area contributed by atoms with Gasteiger partial charge < -0.3 is 15.2 Å². The monoisotopic (exact) mass is 415 g/mol. The number of amides is 3. The van der Waals surface area contributed by atoms with Crippen LogP contribution in [0.3, 0.4) is 0 Å². The zero-order valence-corrected chi connectivity index (χ0v) is 16.9. The number of benzene rings is 1. The maximum atomic E-state index is 13.4. The lowest BCUT2D eigenvalue weighted by atomic mass is 9.76. The molecule has 3 heterocycles. The first-order chi connectivity index (χ1) is 14.3. The molecule has 1 spiro atoms. The lowest BCUT2D eigenvalue weighted by molar-refractivity contribution is -0.143. The third-order valence-corrected chi connectivity index (χ3v) is 6.36. The summed E-state index contributed by atoms with van der Waals surface area (Å²) in [5.74, 6) is -3.80. The van der Waals surface area contributed by atoms with Gasteiger partial charge in [-0.15, -0.1) is 0 Å². The van der Waals surface area contributed by atoms with E-state index in [0.29, 0.717) is 24.3 Å². The molecule has 3 N–H and O–H groups in total. The first-order valence-corrected chi connectivity index (χ1v) is 10.1. The van der Waals surface area contributed by atoms with Gasteiger partial charge in [-0.1, -0.05) is 17.7 Å². The SMILES string of the molecule is COCCCN1C(=O)C2C(CCC(=O)O)NC3(C(=O)Nc4ccc(C)cc43)C2C1=O. The van der Waals surface area contributed by atoms with Gasteiger partial charge in [0.2, 0.25) is 17.7 Å². The van der Waals surface area contributed by atoms with Crippen LogP contribution in [-0.2, 0) is 29.5 Å². The van der Waals surface area contributed by atoms with E-state index in [1.807, 2.05) is 19.1 Å². The van der Waals surface area contributed by atoms with Crippen LogP contribution in [0.15, 0.2) is 18.2 Å². The molecule has 3 aliphatic rings. The summed E-state index contributed by atoms with van der Waals surface area (Å²) in [5, 5.41) is 15.2. The zero-order chi connectivity index (χ0) is 21.6. The van der Waals surface area contributed by atoms with E-state index in [9.17, 15) is 19.2 Å². The molecule has 4 atom stereocenters. The number of nitrogens with zero attached hydrogens (tertiary/aromatic N) is 1. The van der Waals surface area contributed by atoms with Crippen molar-refractivity contribution in [2.24, 2.45) is 11.8 Å². The van der Waals surface area contributed by atoms with Crippen molar-refractivity contribution in [3.63, 3.8) is 0 Å². The van der Waals surface area contributed by atoms with E-state index in [4.69, 9.17) is 9.84 Å². The maximum Gasteiger partial charge on any atom is 0.303 e. The van der Waals surface area contributed by atoms with Crippen molar-refractivity contribution in [1.82, 2.24) is 10.2 Å². The molecule has 1 aromatic rings. The van der Waals surface area contributed by atoms with Gasteiger partial charge in [0.15, 0.2) is 0 Å². The van der Waals surface area contributed by atoms with Gasteiger partial charge in [0.25, 0.3) is 0 Å². The third kappa shape index (κ3) is 2.92. The van der Waals surface area contributed by atoms with Gasteiger partial charge in [-0.2, -0.15) is 0 Å². The molecule has 9 heteroatoms. The summed E-state index contributed by atoms with van der Waals surface area (Å²) in [6, 6.07) is 4.91. The van der Waals surface area contributed by atoms with Crippen LogP contribution in [0.25, 0.3) is 0 Å². The number of carbonyl (C=O) groups is 4. The molecule has 0 aliphatic carbocycles. The van der Waals surface area contributed by atoms with Crippen molar-refractivity contribution >= 4 is 29.4 Å². The van der Waals surface area contributed by atoms with Crippen LogP contribution in [0.4, 0.5) is 5.69 Å². The van der Waals surface area contributed by atoms with Crippen LogP contribution in [-0.4, -0.2) is 60.0 Å². The molecule has 0 aromatic heterocycles. The molecular formula is C21H25N3O6. The predicted molar refractivity (Wildman–Crippen MR) is 105 cm³/mol. The molecule has 30 heavy (non-hydrogen) atoms. The number of rotatable bonds is 7. The van der Waals surface area contributed by atoms with Crippen LogP contribution in [0, 0.1) is 18.8 Å². The van der Waals surface area contributed by atoms with Crippen LogP contribution in [0.5, 0.6) is 0 Å². The van der Waals surface area contributed by atoms with E-state index < -0.39 is 35.3 Å². The number of carboxylic acids is 1. The van der Waals surface area contributed by atoms with E-state index in [0.717, 1.165) is 5.56 Å². The Morgan fingerprint density at radius 2 is 2.03 bits per heavy atom. The van der Waals surface area contributed by atoms with Crippen LogP contribution >= 0.6 is 0 Å². The van der Waals surface area contributed by atoms with Crippen molar-refractivity contribution in [2.75, 3.05) is 25.6 Å². The number of aryl methyl sites for hydroxylation is 1. The van der Waals surface area contributed by atoms with Gasteiger partial charge in [0.1, 0.15) is 5.54 Å². The molecule has 4 rings (SSSR count). The minimum Gasteiger partial charge on any atom is -0.481 e. The maximum absolute atomic E-state index is 13.4. The normalized spacial score (nSPS) is 29.5. The molecular weight excluding hydrogens is 390 g/mol. The molecule has 4 unspecified atom stereocenters. The van der Waals surface area contributed by atoms with Crippen molar-refractivity contribution < 1.29 is 29.0 Å². The highest BCUT2D eigenvalue weighted by Crippen LogP contribution is 2.53. The Bertz CT molecular complexity index is 931.